The Kier molecular flexibility index (Phi) is 3.04. The third-order valence-electron chi connectivity index (χ3n) is 0.852. The molecule has 2 N–H and O–H groups in total. The summed E-state index contributed by atoms with van der Waals surface area (Å²) in [6.45, 7) is 4.88. The summed E-state index contributed by atoms with van der Waals surface area (Å²) < 4.78 is 0. The van der Waals surface area contributed by atoms with Gasteiger partial charge < -0.3 is 10.2 Å². The SMILES string of the molecule is C=C(C)C=C(C(=O)O)C(=O)O. The van der Waals surface area contributed by atoms with Crippen LogP contribution in [-0.4, -0.2) is 22.2 Å². The first-order chi connectivity index (χ1) is 4.95. The molecule has 0 radical (unpaired) electrons. The molecule has 0 saturated heterocycles. The van der Waals surface area contributed by atoms with Gasteiger partial charge in [-0.2, -0.15) is 0 Å². The highest BCUT2D eigenvalue weighted by molar-refractivity contribution is 6.12. The first kappa shape index (κ1) is 9.42. The highest BCUT2D eigenvalue weighted by Crippen LogP contribution is 2.00. The predicted octanol–water partition coefficient (Wildman–Crippen LogP) is 0.658. The lowest BCUT2D eigenvalue weighted by Gasteiger charge is -1.93. The lowest BCUT2D eigenvalue weighted by atomic mass is 10.2. The number of allylic oxidation sites excluding steroid dienone is 2. The summed E-state index contributed by atoms with van der Waals surface area (Å²) in [4.78, 5) is 20.4. The van der Waals surface area contributed by atoms with Crippen LogP contribution in [0.25, 0.3) is 0 Å². The molecule has 0 aromatic heterocycles. The average molecular weight is 156 g/mol. The summed E-state index contributed by atoms with van der Waals surface area (Å²) in [5, 5.41) is 16.6. The van der Waals surface area contributed by atoms with Crippen LogP contribution in [-0.2, 0) is 9.59 Å². The van der Waals surface area contributed by atoms with Crippen molar-refractivity contribution in [3.63, 3.8) is 0 Å². The molecular formula is C7H8O4. The van der Waals surface area contributed by atoms with Crippen LogP contribution in [0.5, 0.6) is 0 Å². The molecule has 0 rings (SSSR count). The largest absolute Gasteiger partial charge is 0.477 e. The maximum Gasteiger partial charge on any atom is 0.343 e. The molecule has 11 heavy (non-hydrogen) atoms. The first-order valence-electron chi connectivity index (χ1n) is 2.79. The van der Waals surface area contributed by atoms with E-state index in [0.29, 0.717) is 5.57 Å². The first-order valence-corrected chi connectivity index (χ1v) is 2.79. The van der Waals surface area contributed by atoms with E-state index in [2.05, 4.69) is 6.58 Å². The quantitative estimate of drug-likeness (QED) is 0.272. The van der Waals surface area contributed by atoms with Crippen LogP contribution >= 0.6 is 0 Å². The molecule has 0 aromatic rings. The summed E-state index contributed by atoms with van der Waals surface area (Å²) >= 11 is 0. The number of hydrogen-bond acceptors (Lipinski definition) is 2. The van der Waals surface area contributed by atoms with Gasteiger partial charge in [-0.3, -0.25) is 0 Å². The Labute approximate surface area is 63.5 Å². The number of hydrogen-bond donors (Lipinski definition) is 2. The minimum atomic E-state index is -1.46. The predicted molar refractivity (Wildman–Crippen MR) is 38.2 cm³/mol. The molecule has 0 heterocycles. The van der Waals surface area contributed by atoms with Crippen molar-refractivity contribution in [3.8, 4) is 0 Å². The number of carboxylic acids is 2. The zero-order valence-corrected chi connectivity index (χ0v) is 6.00. The summed E-state index contributed by atoms with van der Waals surface area (Å²) in [6, 6.07) is 0. The summed E-state index contributed by atoms with van der Waals surface area (Å²) in [5.41, 5.74) is -0.276. The number of carboxylic acid groups (broad SMARTS) is 2. The van der Waals surface area contributed by atoms with Crippen LogP contribution in [0.1, 0.15) is 6.92 Å². The fourth-order valence-electron chi connectivity index (χ4n) is 0.461. The van der Waals surface area contributed by atoms with Crippen molar-refractivity contribution in [1.29, 1.82) is 0 Å². The molecule has 0 aliphatic rings. The maximum atomic E-state index is 10.2. The Morgan fingerprint density at radius 2 is 1.64 bits per heavy atom. The molecule has 0 aliphatic carbocycles. The second-order valence-electron chi connectivity index (χ2n) is 2.01. The second kappa shape index (κ2) is 3.55. The molecule has 0 amide bonds. The molecule has 0 atom stereocenters. The van der Waals surface area contributed by atoms with E-state index >= 15 is 0 Å². The standard InChI is InChI=1S/C7H8O4/c1-4(2)3-5(6(8)9)7(10)11/h3H,1H2,2H3,(H,8,9)(H,10,11). The zero-order valence-electron chi connectivity index (χ0n) is 6.00. The Hall–Kier alpha value is -1.58. The van der Waals surface area contributed by atoms with Gasteiger partial charge in [0.15, 0.2) is 0 Å². The summed E-state index contributed by atoms with van der Waals surface area (Å²) in [7, 11) is 0. The van der Waals surface area contributed by atoms with E-state index in [1.54, 1.807) is 0 Å². The Bertz CT molecular complexity index is 221. The van der Waals surface area contributed by atoms with Crippen LogP contribution in [0.2, 0.25) is 0 Å². The van der Waals surface area contributed by atoms with Gasteiger partial charge in [0.1, 0.15) is 5.57 Å². The van der Waals surface area contributed by atoms with Crippen molar-refractivity contribution in [2.75, 3.05) is 0 Å². The van der Waals surface area contributed by atoms with Crippen LogP contribution < -0.4 is 0 Å². The van der Waals surface area contributed by atoms with Crippen molar-refractivity contribution >= 4 is 11.9 Å². The third-order valence-corrected chi connectivity index (χ3v) is 0.852. The third kappa shape index (κ3) is 3.20. The molecule has 0 aliphatic heterocycles. The van der Waals surface area contributed by atoms with E-state index in [4.69, 9.17) is 10.2 Å². The van der Waals surface area contributed by atoms with E-state index in [1.807, 2.05) is 0 Å². The average Bonchev–Trinajstić information content (AvgIpc) is 1.81. The highest BCUT2D eigenvalue weighted by atomic mass is 16.4. The van der Waals surface area contributed by atoms with Gasteiger partial charge in [-0.05, 0) is 13.0 Å². The number of aliphatic carboxylic acids is 2. The van der Waals surface area contributed by atoms with Gasteiger partial charge >= 0.3 is 11.9 Å². The van der Waals surface area contributed by atoms with Crippen molar-refractivity contribution in [2.24, 2.45) is 0 Å². The molecule has 0 bridgehead atoms. The van der Waals surface area contributed by atoms with E-state index in [9.17, 15) is 9.59 Å². The summed E-state index contributed by atoms with van der Waals surface area (Å²) in [5.74, 6) is -2.92. The molecule has 4 heteroatoms. The number of rotatable bonds is 3. The van der Waals surface area contributed by atoms with Gasteiger partial charge in [0.25, 0.3) is 0 Å². The molecule has 0 spiro atoms. The molecule has 0 saturated carbocycles. The lowest BCUT2D eigenvalue weighted by molar-refractivity contribution is -0.140. The smallest absolute Gasteiger partial charge is 0.343 e. The van der Waals surface area contributed by atoms with Gasteiger partial charge in [0, 0.05) is 0 Å². The fraction of sp³-hybridized carbons (Fsp3) is 0.143. The van der Waals surface area contributed by atoms with Gasteiger partial charge in [-0.25, -0.2) is 9.59 Å². The lowest BCUT2D eigenvalue weighted by Crippen LogP contribution is -2.11. The Morgan fingerprint density at radius 1 is 1.27 bits per heavy atom. The molecular weight excluding hydrogens is 148 g/mol. The zero-order chi connectivity index (χ0) is 9.02. The van der Waals surface area contributed by atoms with Crippen molar-refractivity contribution < 1.29 is 19.8 Å². The van der Waals surface area contributed by atoms with Crippen LogP contribution in [0.15, 0.2) is 23.8 Å². The van der Waals surface area contributed by atoms with Crippen molar-refractivity contribution in [3.05, 3.63) is 23.8 Å². The summed E-state index contributed by atoms with van der Waals surface area (Å²) in [6.07, 6.45) is 1.00. The van der Waals surface area contributed by atoms with Gasteiger partial charge in [0.2, 0.25) is 0 Å². The molecule has 60 valence electrons. The second-order valence-corrected chi connectivity index (χ2v) is 2.01. The van der Waals surface area contributed by atoms with Crippen molar-refractivity contribution in [1.82, 2.24) is 0 Å². The van der Waals surface area contributed by atoms with Crippen LogP contribution in [0.3, 0.4) is 0 Å². The normalized spacial score (nSPS) is 8.45. The molecule has 0 aromatic carbocycles. The highest BCUT2D eigenvalue weighted by Gasteiger charge is 2.14. The van der Waals surface area contributed by atoms with Gasteiger partial charge in [-0.1, -0.05) is 12.2 Å². The number of carbonyl (C=O) groups is 2. The van der Waals surface area contributed by atoms with Gasteiger partial charge in [0.05, 0.1) is 0 Å². The van der Waals surface area contributed by atoms with Gasteiger partial charge in [-0.15, -0.1) is 0 Å². The fourth-order valence-corrected chi connectivity index (χ4v) is 0.461. The van der Waals surface area contributed by atoms with E-state index in [-0.39, 0.29) is 0 Å². The van der Waals surface area contributed by atoms with E-state index < -0.39 is 17.5 Å². The van der Waals surface area contributed by atoms with Crippen molar-refractivity contribution in [2.45, 2.75) is 6.92 Å². The maximum absolute atomic E-state index is 10.2. The Morgan fingerprint density at radius 3 is 1.73 bits per heavy atom. The van der Waals surface area contributed by atoms with Crippen LogP contribution in [0.4, 0.5) is 0 Å². The van der Waals surface area contributed by atoms with Crippen LogP contribution in [0, 0.1) is 0 Å². The van der Waals surface area contributed by atoms with E-state index in [1.165, 1.54) is 6.92 Å². The monoisotopic (exact) mass is 156 g/mol. The minimum absolute atomic E-state index is 0.393. The van der Waals surface area contributed by atoms with E-state index in [0.717, 1.165) is 6.08 Å². The minimum Gasteiger partial charge on any atom is -0.477 e. The topological polar surface area (TPSA) is 74.6 Å². The molecule has 4 nitrogen and oxygen atoms in total. The molecule has 0 unspecified atom stereocenters. The molecule has 0 fully saturated rings. The Balaban J connectivity index is 4.75.